The standard InChI is InChI=1S/C16H16N4OS/c1-11-9-15-18-19-16(22-8-4-3-7-17)20(15)14-10-12(21-2)5-6-13(11)14/h5-6,9-10H,3-4,8H2,1-2H3. The molecule has 0 N–H and O–H groups in total. The summed E-state index contributed by atoms with van der Waals surface area (Å²) in [5, 5.41) is 19.2. The van der Waals surface area contributed by atoms with Gasteiger partial charge in [0.15, 0.2) is 10.8 Å². The van der Waals surface area contributed by atoms with Crippen molar-refractivity contribution in [3.8, 4) is 11.8 Å². The lowest BCUT2D eigenvalue weighted by atomic mass is 10.1. The van der Waals surface area contributed by atoms with Crippen LogP contribution in [0.15, 0.2) is 29.4 Å². The van der Waals surface area contributed by atoms with Gasteiger partial charge in [0.1, 0.15) is 5.75 Å². The molecule has 0 saturated carbocycles. The molecule has 3 aromatic rings. The monoisotopic (exact) mass is 312 g/mol. The summed E-state index contributed by atoms with van der Waals surface area (Å²) in [6.07, 6.45) is 1.42. The fourth-order valence-electron chi connectivity index (χ4n) is 2.44. The molecule has 0 unspecified atom stereocenters. The van der Waals surface area contributed by atoms with E-state index in [1.165, 1.54) is 5.56 Å². The molecule has 0 radical (unpaired) electrons. The highest BCUT2D eigenvalue weighted by molar-refractivity contribution is 7.99. The number of fused-ring (bicyclic) bond motifs is 3. The smallest absolute Gasteiger partial charge is 0.196 e. The second-order valence-electron chi connectivity index (χ2n) is 5.00. The Morgan fingerprint density at radius 1 is 1.32 bits per heavy atom. The normalized spacial score (nSPS) is 11.0. The van der Waals surface area contributed by atoms with Crippen LogP contribution in [0.5, 0.6) is 5.75 Å². The summed E-state index contributed by atoms with van der Waals surface area (Å²) >= 11 is 1.63. The van der Waals surface area contributed by atoms with Crippen LogP contribution in [-0.2, 0) is 0 Å². The zero-order chi connectivity index (χ0) is 15.5. The molecule has 0 aliphatic rings. The predicted octanol–water partition coefficient (Wildman–Crippen LogP) is 3.60. The van der Waals surface area contributed by atoms with Crippen molar-refractivity contribution in [2.75, 3.05) is 12.9 Å². The predicted molar refractivity (Wildman–Crippen MR) is 87.4 cm³/mol. The molecule has 1 aromatic carbocycles. The topological polar surface area (TPSA) is 63.2 Å². The largest absolute Gasteiger partial charge is 0.497 e. The summed E-state index contributed by atoms with van der Waals surface area (Å²) < 4.78 is 7.40. The third kappa shape index (κ3) is 2.60. The van der Waals surface area contributed by atoms with E-state index in [4.69, 9.17) is 10.00 Å². The van der Waals surface area contributed by atoms with Gasteiger partial charge in [-0.3, -0.25) is 4.40 Å². The first-order chi connectivity index (χ1) is 10.7. The average molecular weight is 312 g/mol. The lowest BCUT2D eigenvalue weighted by molar-refractivity contribution is 0.415. The van der Waals surface area contributed by atoms with Gasteiger partial charge in [0.05, 0.1) is 18.7 Å². The van der Waals surface area contributed by atoms with Crippen LogP contribution in [0.4, 0.5) is 0 Å². The number of nitrogens with zero attached hydrogens (tertiary/aromatic N) is 4. The van der Waals surface area contributed by atoms with Crippen LogP contribution in [0.1, 0.15) is 18.4 Å². The van der Waals surface area contributed by atoms with Gasteiger partial charge in [0.2, 0.25) is 0 Å². The van der Waals surface area contributed by atoms with Gasteiger partial charge in [-0.05, 0) is 37.1 Å². The Morgan fingerprint density at radius 2 is 2.18 bits per heavy atom. The fourth-order valence-corrected chi connectivity index (χ4v) is 3.33. The minimum atomic E-state index is 0.567. The van der Waals surface area contributed by atoms with Gasteiger partial charge in [-0.1, -0.05) is 11.8 Å². The van der Waals surface area contributed by atoms with Crippen LogP contribution in [0, 0.1) is 18.3 Å². The number of thioether (sulfide) groups is 1. The van der Waals surface area contributed by atoms with E-state index < -0.39 is 0 Å². The maximum absolute atomic E-state index is 8.62. The first-order valence-electron chi connectivity index (χ1n) is 7.07. The molecular weight excluding hydrogens is 296 g/mol. The molecule has 0 amide bonds. The molecule has 3 rings (SSSR count). The fraction of sp³-hybridized carbons (Fsp3) is 0.312. The van der Waals surface area contributed by atoms with Gasteiger partial charge in [0.25, 0.3) is 0 Å². The van der Waals surface area contributed by atoms with E-state index >= 15 is 0 Å². The summed E-state index contributed by atoms with van der Waals surface area (Å²) in [4.78, 5) is 0. The van der Waals surface area contributed by atoms with Gasteiger partial charge in [0, 0.05) is 23.6 Å². The number of hydrogen-bond acceptors (Lipinski definition) is 5. The van der Waals surface area contributed by atoms with Crippen molar-refractivity contribution >= 4 is 28.3 Å². The quantitative estimate of drug-likeness (QED) is 0.532. The molecule has 0 bridgehead atoms. The highest BCUT2D eigenvalue weighted by Gasteiger charge is 2.12. The van der Waals surface area contributed by atoms with Crippen molar-refractivity contribution in [1.29, 1.82) is 5.26 Å². The highest BCUT2D eigenvalue weighted by atomic mass is 32.2. The van der Waals surface area contributed by atoms with Crippen LogP contribution in [0.3, 0.4) is 0 Å². The molecule has 0 spiro atoms. The lowest BCUT2D eigenvalue weighted by Crippen LogP contribution is -1.95. The number of ether oxygens (including phenoxy) is 1. The number of aryl methyl sites for hydroxylation is 1. The first kappa shape index (κ1) is 14.7. The van der Waals surface area contributed by atoms with E-state index in [1.54, 1.807) is 18.9 Å². The van der Waals surface area contributed by atoms with Gasteiger partial charge >= 0.3 is 0 Å². The summed E-state index contributed by atoms with van der Waals surface area (Å²) in [7, 11) is 1.66. The molecule has 0 saturated heterocycles. The van der Waals surface area contributed by atoms with Crippen LogP contribution >= 0.6 is 11.8 Å². The van der Waals surface area contributed by atoms with E-state index in [0.29, 0.717) is 6.42 Å². The van der Waals surface area contributed by atoms with Crippen LogP contribution < -0.4 is 4.74 Å². The van der Waals surface area contributed by atoms with Crippen molar-refractivity contribution in [2.24, 2.45) is 0 Å². The molecule has 0 aliphatic carbocycles. The number of unbranched alkanes of at least 4 members (excludes halogenated alkanes) is 1. The minimum Gasteiger partial charge on any atom is -0.497 e. The van der Waals surface area contributed by atoms with Gasteiger partial charge in [-0.15, -0.1) is 10.2 Å². The van der Waals surface area contributed by atoms with Crippen molar-refractivity contribution in [3.63, 3.8) is 0 Å². The van der Waals surface area contributed by atoms with E-state index in [1.807, 2.05) is 18.2 Å². The van der Waals surface area contributed by atoms with E-state index in [2.05, 4.69) is 33.7 Å². The lowest BCUT2D eigenvalue weighted by Gasteiger charge is -2.09. The summed E-state index contributed by atoms with van der Waals surface area (Å²) in [5.41, 5.74) is 3.04. The van der Waals surface area contributed by atoms with E-state index in [-0.39, 0.29) is 0 Å². The maximum atomic E-state index is 8.62. The maximum Gasteiger partial charge on any atom is 0.196 e. The molecule has 5 nitrogen and oxygen atoms in total. The summed E-state index contributed by atoms with van der Waals surface area (Å²) in [5.74, 6) is 1.67. The molecule has 0 atom stereocenters. The van der Waals surface area contributed by atoms with Gasteiger partial charge in [-0.25, -0.2) is 0 Å². The molecule has 2 heterocycles. The number of benzene rings is 1. The molecule has 0 aliphatic heterocycles. The van der Waals surface area contributed by atoms with Crippen LogP contribution in [-0.4, -0.2) is 27.5 Å². The van der Waals surface area contributed by atoms with Gasteiger partial charge < -0.3 is 4.74 Å². The third-order valence-electron chi connectivity index (χ3n) is 3.54. The van der Waals surface area contributed by atoms with Crippen molar-refractivity contribution < 1.29 is 4.74 Å². The summed E-state index contributed by atoms with van der Waals surface area (Å²) in [6.45, 7) is 2.07. The van der Waals surface area contributed by atoms with Crippen molar-refractivity contribution in [3.05, 3.63) is 29.8 Å². The Labute approximate surface area is 132 Å². The minimum absolute atomic E-state index is 0.567. The molecule has 6 heteroatoms. The Bertz CT molecular complexity index is 866. The highest BCUT2D eigenvalue weighted by Crippen LogP contribution is 2.28. The SMILES string of the molecule is COc1ccc2c(C)cc3nnc(SCCCC#N)n3c2c1. The number of methoxy groups -OCH3 is 1. The molecule has 22 heavy (non-hydrogen) atoms. The summed E-state index contributed by atoms with van der Waals surface area (Å²) in [6, 6.07) is 10.2. The first-order valence-corrected chi connectivity index (χ1v) is 8.05. The second-order valence-corrected chi connectivity index (χ2v) is 6.06. The van der Waals surface area contributed by atoms with Crippen LogP contribution in [0.2, 0.25) is 0 Å². The van der Waals surface area contributed by atoms with Gasteiger partial charge in [-0.2, -0.15) is 5.26 Å². The number of aromatic nitrogens is 3. The van der Waals surface area contributed by atoms with E-state index in [9.17, 15) is 0 Å². The number of hydrogen-bond donors (Lipinski definition) is 0. The zero-order valence-corrected chi connectivity index (χ0v) is 13.4. The molecule has 0 fully saturated rings. The molecular formula is C16H16N4OS. The number of rotatable bonds is 5. The number of pyridine rings is 1. The zero-order valence-electron chi connectivity index (χ0n) is 12.5. The number of nitriles is 1. The average Bonchev–Trinajstić information content (AvgIpc) is 2.94. The van der Waals surface area contributed by atoms with Crippen molar-refractivity contribution in [2.45, 2.75) is 24.9 Å². The van der Waals surface area contributed by atoms with Crippen LogP contribution in [0.25, 0.3) is 16.6 Å². The Hall–Kier alpha value is -2.26. The third-order valence-corrected chi connectivity index (χ3v) is 4.55. The Kier molecular flexibility index (Phi) is 4.16. The van der Waals surface area contributed by atoms with Crippen molar-refractivity contribution in [1.82, 2.24) is 14.6 Å². The van der Waals surface area contributed by atoms with E-state index in [0.717, 1.165) is 39.6 Å². The second kappa shape index (κ2) is 6.24. The molecule has 112 valence electrons. The molecule has 2 aromatic heterocycles. The Morgan fingerprint density at radius 3 is 2.95 bits per heavy atom. The Balaban J connectivity index is 2.11.